The van der Waals surface area contributed by atoms with Gasteiger partial charge < -0.3 is 11.1 Å². The normalized spacial score (nSPS) is 38.6. The Bertz CT molecular complexity index is 254. The van der Waals surface area contributed by atoms with Gasteiger partial charge in [-0.1, -0.05) is 27.7 Å². The number of nitrogens with two attached hydrogens (primary N) is 1. The van der Waals surface area contributed by atoms with E-state index in [9.17, 15) is 0 Å². The first kappa shape index (κ1) is 13.4. The molecule has 0 aliphatic heterocycles. The van der Waals surface area contributed by atoms with Crippen LogP contribution in [0.3, 0.4) is 0 Å². The molecule has 2 fully saturated rings. The first-order valence-electron chi connectivity index (χ1n) is 7.36. The summed E-state index contributed by atoms with van der Waals surface area (Å²) in [6.45, 7) is 11.6. The second kappa shape index (κ2) is 4.89. The molecule has 5 atom stereocenters. The van der Waals surface area contributed by atoms with Crippen LogP contribution in [0.2, 0.25) is 0 Å². The van der Waals surface area contributed by atoms with Crippen LogP contribution in [0.4, 0.5) is 0 Å². The molecular formula is C15H30N2. The fourth-order valence-electron chi connectivity index (χ4n) is 3.53. The third-order valence-corrected chi connectivity index (χ3v) is 5.47. The van der Waals surface area contributed by atoms with Crippen molar-refractivity contribution in [2.75, 3.05) is 13.1 Å². The standard InChI is InChI=1S/C15H30N2/c1-10(15(2,3)4)8-17-9-13-11-5-6-12(7-11)14(13)16/h10-14,17H,5-9,16H2,1-4H3. The molecule has 2 bridgehead atoms. The van der Waals surface area contributed by atoms with E-state index in [0.717, 1.165) is 36.8 Å². The minimum Gasteiger partial charge on any atom is -0.327 e. The molecule has 2 rings (SSSR count). The summed E-state index contributed by atoms with van der Waals surface area (Å²) in [7, 11) is 0. The van der Waals surface area contributed by atoms with Crippen molar-refractivity contribution in [3.63, 3.8) is 0 Å². The van der Waals surface area contributed by atoms with E-state index in [1.165, 1.54) is 19.3 Å². The first-order valence-corrected chi connectivity index (χ1v) is 7.36. The van der Waals surface area contributed by atoms with Gasteiger partial charge in [-0.3, -0.25) is 0 Å². The summed E-state index contributed by atoms with van der Waals surface area (Å²) in [6, 6.07) is 0.478. The van der Waals surface area contributed by atoms with Gasteiger partial charge in [0.1, 0.15) is 0 Å². The summed E-state index contributed by atoms with van der Waals surface area (Å²) in [4.78, 5) is 0. The number of rotatable bonds is 4. The van der Waals surface area contributed by atoms with Crippen LogP contribution < -0.4 is 11.1 Å². The number of hydrogen-bond donors (Lipinski definition) is 2. The van der Waals surface area contributed by atoms with Crippen LogP contribution >= 0.6 is 0 Å². The Labute approximate surface area is 107 Å². The van der Waals surface area contributed by atoms with E-state index in [0.29, 0.717) is 11.5 Å². The molecule has 0 saturated heterocycles. The van der Waals surface area contributed by atoms with Crippen molar-refractivity contribution < 1.29 is 0 Å². The molecule has 0 aromatic heterocycles. The highest BCUT2D eigenvalue weighted by atomic mass is 14.9. The molecule has 2 nitrogen and oxygen atoms in total. The highest BCUT2D eigenvalue weighted by molar-refractivity contribution is 4.99. The quantitative estimate of drug-likeness (QED) is 0.790. The Morgan fingerprint density at radius 2 is 1.88 bits per heavy atom. The molecule has 2 saturated carbocycles. The molecule has 100 valence electrons. The smallest absolute Gasteiger partial charge is 0.0110 e. The molecule has 3 N–H and O–H groups in total. The molecule has 0 amide bonds. The second-order valence-electron chi connectivity index (χ2n) is 7.50. The van der Waals surface area contributed by atoms with Crippen molar-refractivity contribution in [3.8, 4) is 0 Å². The zero-order valence-corrected chi connectivity index (χ0v) is 12.0. The summed E-state index contributed by atoms with van der Waals surface area (Å²) in [6.07, 6.45) is 4.22. The second-order valence-corrected chi connectivity index (χ2v) is 7.50. The Morgan fingerprint density at radius 1 is 1.24 bits per heavy atom. The summed E-state index contributed by atoms with van der Waals surface area (Å²) in [5, 5.41) is 3.67. The Kier molecular flexibility index (Phi) is 3.84. The highest BCUT2D eigenvalue weighted by Gasteiger charge is 2.45. The Balaban J connectivity index is 1.73. The molecule has 0 aromatic rings. The topological polar surface area (TPSA) is 38.0 Å². The lowest BCUT2D eigenvalue weighted by atomic mass is 9.81. The number of nitrogens with one attached hydrogen (secondary N) is 1. The average molecular weight is 238 g/mol. The third-order valence-electron chi connectivity index (χ3n) is 5.47. The maximum Gasteiger partial charge on any atom is 0.0110 e. The molecule has 0 spiro atoms. The van der Waals surface area contributed by atoms with Gasteiger partial charge in [-0.05, 0) is 61.4 Å². The van der Waals surface area contributed by atoms with E-state index in [2.05, 4.69) is 33.0 Å². The molecule has 2 aliphatic rings. The lowest BCUT2D eigenvalue weighted by Crippen LogP contribution is -2.42. The van der Waals surface area contributed by atoms with Crippen LogP contribution in [0.5, 0.6) is 0 Å². The van der Waals surface area contributed by atoms with Crippen LogP contribution in [0.15, 0.2) is 0 Å². The van der Waals surface area contributed by atoms with Gasteiger partial charge in [0, 0.05) is 6.04 Å². The molecule has 2 aliphatic carbocycles. The van der Waals surface area contributed by atoms with Crippen LogP contribution in [0.25, 0.3) is 0 Å². The molecule has 0 radical (unpaired) electrons. The average Bonchev–Trinajstić information content (AvgIpc) is 2.79. The van der Waals surface area contributed by atoms with E-state index < -0.39 is 0 Å². The molecule has 0 heterocycles. The van der Waals surface area contributed by atoms with E-state index in [4.69, 9.17) is 5.73 Å². The van der Waals surface area contributed by atoms with Gasteiger partial charge in [0.25, 0.3) is 0 Å². The largest absolute Gasteiger partial charge is 0.327 e. The van der Waals surface area contributed by atoms with Crippen molar-refractivity contribution in [2.45, 2.75) is 53.0 Å². The first-order chi connectivity index (χ1) is 7.89. The monoisotopic (exact) mass is 238 g/mol. The van der Waals surface area contributed by atoms with Crippen LogP contribution in [-0.4, -0.2) is 19.1 Å². The van der Waals surface area contributed by atoms with Crippen molar-refractivity contribution in [1.82, 2.24) is 5.32 Å². The fraction of sp³-hybridized carbons (Fsp3) is 1.00. The van der Waals surface area contributed by atoms with Gasteiger partial charge in [0.2, 0.25) is 0 Å². The molecule has 2 heteroatoms. The maximum absolute atomic E-state index is 6.33. The minimum absolute atomic E-state index is 0.407. The SMILES string of the molecule is CC(CNCC1C2CCC(C2)C1N)C(C)(C)C. The predicted molar refractivity (Wildman–Crippen MR) is 73.8 cm³/mol. The van der Waals surface area contributed by atoms with Gasteiger partial charge in [0.15, 0.2) is 0 Å². The van der Waals surface area contributed by atoms with Gasteiger partial charge >= 0.3 is 0 Å². The lowest BCUT2D eigenvalue weighted by molar-refractivity contribution is 0.231. The van der Waals surface area contributed by atoms with Crippen LogP contribution in [0.1, 0.15) is 47.0 Å². The molecular weight excluding hydrogens is 208 g/mol. The van der Waals surface area contributed by atoms with Gasteiger partial charge in [-0.15, -0.1) is 0 Å². The summed E-state index contributed by atoms with van der Waals surface area (Å²) in [5.74, 6) is 3.23. The van der Waals surface area contributed by atoms with Crippen molar-refractivity contribution in [2.24, 2.45) is 34.8 Å². The van der Waals surface area contributed by atoms with E-state index in [1.807, 2.05) is 0 Å². The van der Waals surface area contributed by atoms with E-state index >= 15 is 0 Å². The Hall–Kier alpha value is -0.0800. The van der Waals surface area contributed by atoms with Crippen molar-refractivity contribution in [3.05, 3.63) is 0 Å². The lowest BCUT2D eigenvalue weighted by Gasteiger charge is -2.31. The third kappa shape index (κ3) is 2.85. The van der Waals surface area contributed by atoms with Gasteiger partial charge in [-0.25, -0.2) is 0 Å². The Morgan fingerprint density at radius 3 is 2.41 bits per heavy atom. The fourth-order valence-corrected chi connectivity index (χ4v) is 3.53. The van der Waals surface area contributed by atoms with Gasteiger partial charge in [0.05, 0.1) is 0 Å². The summed E-state index contributed by atoms with van der Waals surface area (Å²) in [5.41, 5.74) is 6.73. The van der Waals surface area contributed by atoms with Gasteiger partial charge in [-0.2, -0.15) is 0 Å². The number of fused-ring (bicyclic) bond motifs is 2. The van der Waals surface area contributed by atoms with E-state index in [1.54, 1.807) is 0 Å². The van der Waals surface area contributed by atoms with Crippen LogP contribution in [-0.2, 0) is 0 Å². The molecule has 5 unspecified atom stereocenters. The predicted octanol–water partition coefficient (Wildman–Crippen LogP) is 2.63. The van der Waals surface area contributed by atoms with Crippen LogP contribution in [0, 0.1) is 29.1 Å². The highest BCUT2D eigenvalue weighted by Crippen LogP contribution is 2.47. The maximum atomic E-state index is 6.33. The van der Waals surface area contributed by atoms with Crippen molar-refractivity contribution >= 4 is 0 Å². The van der Waals surface area contributed by atoms with E-state index in [-0.39, 0.29) is 0 Å². The van der Waals surface area contributed by atoms with Crippen molar-refractivity contribution in [1.29, 1.82) is 0 Å². The summed E-state index contributed by atoms with van der Waals surface area (Å²) >= 11 is 0. The summed E-state index contributed by atoms with van der Waals surface area (Å²) < 4.78 is 0. The molecule has 17 heavy (non-hydrogen) atoms. The minimum atomic E-state index is 0.407. The number of hydrogen-bond acceptors (Lipinski definition) is 2. The zero-order chi connectivity index (χ0) is 12.6. The molecule has 0 aromatic carbocycles. The zero-order valence-electron chi connectivity index (χ0n) is 12.0.